The van der Waals surface area contributed by atoms with Crippen LogP contribution in [-0.2, 0) is 0 Å². The molecule has 0 saturated heterocycles. The molecule has 0 atom stereocenters. The smallest absolute Gasteiger partial charge is 0.106 e. The van der Waals surface area contributed by atoms with Crippen LogP contribution in [0.5, 0.6) is 0 Å². The Morgan fingerprint density at radius 3 is 3.00 bits per heavy atom. The van der Waals surface area contributed by atoms with Crippen LogP contribution in [0.4, 0.5) is 0 Å². The lowest BCUT2D eigenvalue weighted by atomic mass is 10.2. The van der Waals surface area contributed by atoms with Crippen LogP contribution < -0.4 is 5.32 Å². The highest BCUT2D eigenvalue weighted by Crippen LogP contribution is 2.14. The molecule has 3 heteroatoms. The van der Waals surface area contributed by atoms with Gasteiger partial charge in [-0.3, -0.25) is 0 Å². The molecule has 0 bridgehead atoms. The van der Waals surface area contributed by atoms with Crippen molar-refractivity contribution in [1.82, 2.24) is 10.3 Å². The third kappa shape index (κ3) is 1.98. The summed E-state index contributed by atoms with van der Waals surface area (Å²) < 4.78 is 0.863. The molecule has 2 heterocycles. The summed E-state index contributed by atoms with van der Waals surface area (Å²) >= 11 is 3.34. The van der Waals surface area contributed by atoms with Crippen LogP contribution in [0.15, 0.2) is 41.0 Å². The molecular weight excluding hydrogens is 228 g/mol. The monoisotopic (exact) mass is 236 g/mol. The largest absolute Gasteiger partial charge is 0.380 e. The van der Waals surface area contributed by atoms with Crippen molar-refractivity contribution in [3.8, 4) is 0 Å². The van der Waals surface area contributed by atoms with E-state index in [1.807, 2.05) is 30.4 Å². The van der Waals surface area contributed by atoms with Crippen LogP contribution in [0.2, 0.25) is 0 Å². The maximum atomic E-state index is 4.35. The Bertz CT molecular complexity index is 369. The molecule has 0 amide bonds. The molecule has 0 radical (unpaired) electrons. The molecule has 0 saturated carbocycles. The van der Waals surface area contributed by atoms with E-state index >= 15 is 0 Å². The predicted octanol–water partition coefficient (Wildman–Crippen LogP) is 2.34. The second kappa shape index (κ2) is 3.75. The van der Waals surface area contributed by atoms with E-state index in [4.69, 9.17) is 0 Å². The highest BCUT2D eigenvalue weighted by Gasteiger charge is 2.02. The molecule has 1 aliphatic heterocycles. The summed E-state index contributed by atoms with van der Waals surface area (Å²) in [7, 11) is 0. The Labute approximate surface area is 85.5 Å². The van der Waals surface area contributed by atoms with Gasteiger partial charge in [0.2, 0.25) is 0 Å². The summed E-state index contributed by atoms with van der Waals surface area (Å²) in [5, 5.41) is 3.25. The van der Waals surface area contributed by atoms with E-state index < -0.39 is 0 Å². The number of halogens is 1. The zero-order chi connectivity index (χ0) is 9.10. The second-order valence-corrected chi connectivity index (χ2v) is 3.55. The van der Waals surface area contributed by atoms with Crippen molar-refractivity contribution in [3.63, 3.8) is 0 Å². The number of pyridine rings is 1. The first-order valence-electron chi connectivity index (χ1n) is 4.10. The van der Waals surface area contributed by atoms with Crippen molar-refractivity contribution in [1.29, 1.82) is 0 Å². The van der Waals surface area contributed by atoms with Gasteiger partial charge >= 0.3 is 0 Å². The molecule has 0 aromatic carbocycles. The molecule has 66 valence electrons. The van der Waals surface area contributed by atoms with Gasteiger partial charge in [-0.05, 0) is 34.1 Å². The van der Waals surface area contributed by atoms with Gasteiger partial charge in [-0.1, -0.05) is 18.2 Å². The Balaban J connectivity index is 2.34. The third-order valence-electron chi connectivity index (χ3n) is 1.80. The van der Waals surface area contributed by atoms with E-state index in [0.29, 0.717) is 0 Å². The number of dihydropyridines is 1. The Morgan fingerprint density at radius 1 is 1.38 bits per heavy atom. The van der Waals surface area contributed by atoms with Crippen LogP contribution in [-0.4, -0.2) is 11.5 Å². The zero-order valence-corrected chi connectivity index (χ0v) is 8.58. The van der Waals surface area contributed by atoms with E-state index in [9.17, 15) is 0 Å². The first kappa shape index (κ1) is 8.51. The fourth-order valence-electron chi connectivity index (χ4n) is 1.19. The van der Waals surface area contributed by atoms with Crippen LogP contribution in [0.3, 0.4) is 0 Å². The average molecular weight is 237 g/mol. The van der Waals surface area contributed by atoms with E-state index in [2.05, 4.69) is 32.3 Å². The standard InChI is InChI=1S/C10H9BrN2/c11-10-6-3-5-9(13-10)8-4-1-2-7-12-8/h1-6,12H,7H2. The number of nitrogens with zero attached hydrogens (tertiary/aromatic N) is 1. The highest BCUT2D eigenvalue weighted by molar-refractivity contribution is 9.10. The van der Waals surface area contributed by atoms with Crippen molar-refractivity contribution in [3.05, 3.63) is 46.7 Å². The minimum absolute atomic E-state index is 0.863. The first-order valence-corrected chi connectivity index (χ1v) is 4.89. The van der Waals surface area contributed by atoms with Crippen molar-refractivity contribution >= 4 is 21.6 Å². The Hall–Kier alpha value is -1.09. The van der Waals surface area contributed by atoms with Gasteiger partial charge in [-0.25, -0.2) is 4.98 Å². The zero-order valence-electron chi connectivity index (χ0n) is 7.00. The van der Waals surface area contributed by atoms with E-state index in [0.717, 1.165) is 22.5 Å². The number of allylic oxidation sites excluding steroid dienone is 2. The van der Waals surface area contributed by atoms with Crippen molar-refractivity contribution in [2.75, 3.05) is 6.54 Å². The normalized spacial score (nSPS) is 15.0. The summed E-state index contributed by atoms with van der Waals surface area (Å²) in [6, 6.07) is 5.89. The average Bonchev–Trinajstić information content (AvgIpc) is 2.19. The molecule has 2 nitrogen and oxygen atoms in total. The van der Waals surface area contributed by atoms with Crippen LogP contribution >= 0.6 is 15.9 Å². The van der Waals surface area contributed by atoms with Gasteiger partial charge in [-0.2, -0.15) is 0 Å². The fraction of sp³-hybridized carbons (Fsp3) is 0.100. The molecule has 1 aliphatic rings. The summed E-state index contributed by atoms with van der Waals surface area (Å²) in [4.78, 5) is 4.35. The van der Waals surface area contributed by atoms with Gasteiger partial charge in [0.15, 0.2) is 0 Å². The van der Waals surface area contributed by atoms with Gasteiger partial charge in [0.05, 0.1) is 11.4 Å². The molecule has 1 aromatic heterocycles. The maximum Gasteiger partial charge on any atom is 0.106 e. The first-order chi connectivity index (χ1) is 6.36. The molecule has 1 aromatic rings. The minimum Gasteiger partial charge on any atom is -0.380 e. The predicted molar refractivity (Wildman–Crippen MR) is 57.1 cm³/mol. The SMILES string of the molecule is Brc1cccc(C2=CC=CCN2)n1. The van der Waals surface area contributed by atoms with E-state index in [1.54, 1.807) is 0 Å². The third-order valence-corrected chi connectivity index (χ3v) is 2.24. The highest BCUT2D eigenvalue weighted by atomic mass is 79.9. The number of aromatic nitrogens is 1. The molecule has 0 spiro atoms. The molecule has 1 N–H and O–H groups in total. The number of rotatable bonds is 1. The number of hydrogen-bond donors (Lipinski definition) is 1. The van der Waals surface area contributed by atoms with Crippen LogP contribution in [0, 0.1) is 0 Å². The Morgan fingerprint density at radius 2 is 2.31 bits per heavy atom. The number of hydrogen-bond acceptors (Lipinski definition) is 2. The van der Waals surface area contributed by atoms with Crippen molar-refractivity contribution in [2.24, 2.45) is 0 Å². The lowest BCUT2D eigenvalue weighted by Crippen LogP contribution is -2.15. The summed E-state index contributed by atoms with van der Waals surface area (Å²) in [5.41, 5.74) is 2.04. The van der Waals surface area contributed by atoms with Crippen LogP contribution in [0.1, 0.15) is 5.69 Å². The quantitative estimate of drug-likeness (QED) is 0.758. The van der Waals surface area contributed by atoms with Crippen LogP contribution in [0.25, 0.3) is 5.70 Å². The summed E-state index contributed by atoms with van der Waals surface area (Å²) in [6.45, 7) is 0.875. The lowest BCUT2D eigenvalue weighted by molar-refractivity contribution is 0.979. The van der Waals surface area contributed by atoms with Gasteiger partial charge in [-0.15, -0.1) is 0 Å². The summed E-state index contributed by atoms with van der Waals surface area (Å²) in [6.07, 6.45) is 6.13. The molecule has 0 aliphatic carbocycles. The van der Waals surface area contributed by atoms with Crippen molar-refractivity contribution < 1.29 is 0 Å². The van der Waals surface area contributed by atoms with E-state index in [1.165, 1.54) is 0 Å². The fourth-order valence-corrected chi connectivity index (χ4v) is 1.54. The molecule has 0 fully saturated rings. The molecule has 0 unspecified atom stereocenters. The van der Waals surface area contributed by atoms with Crippen molar-refractivity contribution in [2.45, 2.75) is 0 Å². The maximum absolute atomic E-state index is 4.35. The summed E-state index contributed by atoms with van der Waals surface area (Å²) in [5.74, 6) is 0. The molecular formula is C10H9BrN2. The molecule has 2 rings (SSSR count). The molecule has 13 heavy (non-hydrogen) atoms. The van der Waals surface area contributed by atoms with E-state index in [-0.39, 0.29) is 0 Å². The van der Waals surface area contributed by atoms with Gasteiger partial charge in [0.1, 0.15) is 4.60 Å². The number of nitrogens with one attached hydrogen (secondary N) is 1. The van der Waals surface area contributed by atoms with Gasteiger partial charge in [0.25, 0.3) is 0 Å². The topological polar surface area (TPSA) is 24.9 Å². The lowest BCUT2D eigenvalue weighted by Gasteiger charge is -2.10. The van der Waals surface area contributed by atoms with Gasteiger partial charge in [0, 0.05) is 6.54 Å². The minimum atomic E-state index is 0.863. The van der Waals surface area contributed by atoms with Gasteiger partial charge < -0.3 is 5.32 Å². The Kier molecular flexibility index (Phi) is 2.45. The second-order valence-electron chi connectivity index (χ2n) is 2.73.